The highest BCUT2D eigenvalue weighted by molar-refractivity contribution is 5.65. The lowest BCUT2D eigenvalue weighted by atomic mass is 10.0. The summed E-state index contributed by atoms with van der Waals surface area (Å²) in [5.74, 6) is -0.164. The molecule has 0 fully saturated rings. The molecule has 0 aromatic carbocycles. The minimum Gasteiger partial charge on any atom is -0.466 e. The van der Waals surface area contributed by atoms with Crippen LogP contribution >= 0.6 is 0 Å². The Labute approximate surface area is 149 Å². The van der Waals surface area contributed by atoms with Gasteiger partial charge in [0.25, 0.3) is 6.21 Å². The molecular weight excluding hydrogens is 300 g/mol. The summed E-state index contributed by atoms with van der Waals surface area (Å²) in [6, 6.07) is 0. The van der Waals surface area contributed by atoms with Gasteiger partial charge in [-0.2, -0.15) is 4.79 Å². The lowest BCUT2D eigenvalue weighted by Gasteiger charge is -2.04. The first kappa shape index (κ1) is 22.9. The Bertz CT molecular complexity index is 308. The second-order valence-electron chi connectivity index (χ2n) is 6.73. The highest BCUT2D eigenvalue weighted by atomic mass is 16.5. The zero-order valence-corrected chi connectivity index (χ0v) is 15.8. The molecule has 0 unspecified atom stereocenters. The van der Waals surface area contributed by atoms with Gasteiger partial charge in [-0.15, -0.1) is 0 Å². The number of hydrogen-bond acceptors (Lipinski definition) is 2. The number of nitrogens with zero attached hydrogens (tertiary/aromatic N) is 2. The molecule has 0 saturated heterocycles. The second kappa shape index (κ2) is 19.9. The summed E-state index contributed by atoms with van der Waals surface area (Å²) in [5, 5.41) is 0. The van der Waals surface area contributed by atoms with E-state index in [1.54, 1.807) is 6.21 Å². The number of carbonyl (C=O) groups excluding carboxylic acids is 1. The van der Waals surface area contributed by atoms with Crippen molar-refractivity contribution in [2.24, 2.45) is 0 Å². The van der Waals surface area contributed by atoms with Crippen molar-refractivity contribution in [3.63, 3.8) is 0 Å². The van der Waals surface area contributed by atoms with Crippen molar-refractivity contribution in [3.8, 4) is 0 Å². The average Bonchev–Trinajstić information content (AvgIpc) is 2.56. The standard InChI is InChI=1S/C20H38N2O2/c1-20(23)24-19-17-15-13-11-9-7-5-3-2-4-6-8-10-12-14-16-18-22-21/h18H,2-17,19H2,1H3. The topological polar surface area (TPSA) is 62.7 Å². The molecule has 0 aliphatic carbocycles. The third-order valence-corrected chi connectivity index (χ3v) is 4.36. The summed E-state index contributed by atoms with van der Waals surface area (Å²) in [6.45, 7) is 2.06. The van der Waals surface area contributed by atoms with E-state index in [9.17, 15) is 4.79 Å². The number of esters is 1. The molecule has 0 heterocycles. The fourth-order valence-electron chi connectivity index (χ4n) is 2.91. The molecule has 0 N–H and O–H groups in total. The molecule has 4 heteroatoms. The van der Waals surface area contributed by atoms with E-state index in [-0.39, 0.29) is 5.97 Å². The van der Waals surface area contributed by atoms with Crippen molar-refractivity contribution >= 4 is 12.2 Å². The third kappa shape index (κ3) is 20.9. The lowest BCUT2D eigenvalue weighted by Crippen LogP contribution is -2.00. The molecule has 0 spiro atoms. The summed E-state index contributed by atoms with van der Waals surface area (Å²) in [7, 11) is 0. The lowest BCUT2D eigenvalue weighted by molar-refractivity contribution is -0.141. The maximum Gasteiger partial charge on any atom is 0.302 e. The summed E-state index contributed by atoms with van der Waals surface area (Å²) in [5.41, 5.74) is 8.27. The monoisotopic (exact) mass is 338 g/mol. The molecule has 0 radical (unpaired) electrons. The smallest absolute Gasteiger partial charge is 0.302 e. The van der Waals surface area contributed by atoms with Gasteiger partial charge in [0, 0.05) is 13.3 Å². The Balaban J connectivity index is 3.00. The van der Waals surface area contributed by atoms with E-state index in [0.29, 0.717) is 6.61 Å². The van der Waals surface area contributed by atoms with Crippen molar-refractivity contribution in [1.29, 1.82) is 0 Å². The van der Waals surface area contributed by atoms with Crippen LogP contribution in [0.3, 0.4) is 0 Å². The van der Waals surface area contributed by atoms with Gasteiger partial charge in [0.1, 0.15) is 0 Å². The molecule has 0 rings (SSSR count). The number of unbranched alkanes of at least 4 members (excludes halogenated alkanes) is 15. The minimum atomic E-state index is -0.164. The average molecular weight is 339 g/mol. The van der Waals surface area contributed by atoms with Crippen molar-refractivity contribution in [1.82, 2.24) is 0 Å². The Hall–Kier alpha value is -1.15. The highest BCUT2D eigenvalue weighted by Crippen LogP contribution is 2.13. The fraction of sp³-hybridized carbons (Fsp3) is 0.900. The van der Waals surface area contributed by atoms with Crippen LogP contribution in [0.25, 0.3) is 5.53 Å². The van der Waals surface area contributed by atoms with Gasteiger partial charge >= 0.3 is 5.97 Å². The van der Waals surface area contributed by atoms with Crippen LogP contribution in [0.2, 0.25) is 0 Å². The molecule has 4 nitrogen and oxygen atoms in total. The first-order valence-electron chi connectivity index (χ1n) is 10.1. The van der Waals surface area contributed by atoms with Crippen LogP contribution in [0.1, 0.15) is 110 Å². The first-order valence-corrected chi connectivity index (χ1v) is 10.1. The predicted octanol–water partition coefficient (Wildman–Crippen LogP) is 6.09. The van der Waals surface area contributed by atoms with Gasteiger partial charge in [-0.25, -0.2) is 0 Å². The summed E-state index contributed by atoms with van der Waals surface area (Å²) in [6.07, 6.45) is 22.0. The van der Waals surface area contributed by atoms with Gasteiger partial charge in [-0.3, -0.25) is 4.79 Å². The van der Waals surface area contributed by atoms with Crippen LogP contribution in [0.5, 0.6) is 0 Å². The molecule has 0 aromatic heterocycles. The van der Waals surface area contributed by atoms with Gasteiger partial charge < -0.3 is 10.3 Å². The van der Waals surface area contributed by atoms with E-state index in [1.165, 1.54) is 90.4 Å². The van der Waals surface area contributed by atoms with E-state index in [0.717, 1.165) is 19.3 Å². The molecule has 24 heavy (non-hydrogen) atoms. The van der Waals surface area contributed by atoms with Crippen molar-refractivity contribution in [2.45, 2.75) is 110 Å². The minimum absolute atomic E-state index is 0.164. The SMILES string of the molecule is CC(=O)OCCCCCCCCCCCCCCCCCC=[N+]=[N-]. The molecule has 0 aliphatic heterocycles. The van der Waals surface area contributed by atoms with Gasteiger partial charge in [0.05, 0.1) is 6.61 Å². The predicted molar refractivity (Wildman–Crippen MR) is 100 cm³/mol. The number of carbonyl (C=O) groups is 1. The molecule has 0 amide bonds. The van der Waals surface area contributed by atoms with Gasteiger partial charge in [-0.05, 0) is 12.8 Å². The first-order chi connectivity index (χ1) is 11.8. The molecular formula is C20H38N2O2. The van der Waals surface area contributed by atoms with E-state index < -0.39 is 0 Å². The summed E-state index contributed by atoms with van der Waals surface area (Å²) < 4.78 is 4.92. The number of ether oxygens (including phenoxy) is 1. The Morgan fingerprint density at radius 2 is 1.12 bits per heavy atom. The Morgan fingerprint density at radius 1 is 0.750 bits per heavy atom. The van der Waals surface area contributed by atoms with Crippen LogP contribution in [0.4, 0.5) is 0 Å². The largest absolute Gasteiger partial charge is 0.466 e. The van der Waals surface area contributed by atoms with Gasteiger partial charge in [0.2, 0.25) is 0 Å². The Morgan fingerprint density at radius 3 is 1.50 bits per heavy atom. The van der Waals surface area contributed by atoms with E-state index in [1.807, 2.05) is 0 Å². The Kier molecular flexibility index (Phi) is 18.9. The van der Waals surface area contributed by atoms with Crippen LogP contribution in [-0.2, 0) is 9.53 Å². The van der Waals surface area contributed by atoms with Crippen LogP contribution in [0, 0.1) is 0 Å². The maximum absolute atomic E-state index is 10.6. The van der Waals surface area contributed by atoms with Crippen molar-refractivity contribution < 1.29 is 14.3 Å². The molecule has 0 bridgehead atoms. The highest BCUT2D eigenvalue weighted by Gasteiger charge is 1.96. The van der Waals surface area contributed by atoms with Crippen LogP contribution in [0.15, 0.2) is 0 Å². The summed E-state index contributed by atoms with van der Waals surface area (Å²) in [4.78, 5) is 13.6. The molecule has 0 atom stereocenters. The molecule has 0 aliphatic rings. The molecule has 0 aromatic rings. The number of hydrogen-bond donors (Lipinski definition) is 0. The zero-order chi connectivity index (χ0) is 17.7. The van der Waals surface area contributed by atoms with Crippen molar-refractivity contribution in [2.75, 3.05) is 6.61 Å². The van der Waals surface area contributed by atoms with Gasteiger partial charge in [-0.1, -0.05) is 83.5 Å². The molecule has 140 valence electrons. The van der Waals surface area contributed by atoms with Gasteiger partial charge in [0.15, 0.2) is 0 Å². The van der Waals surface area contributed by atoms with E-state index in [4.69, 9.17) is 10.3 Å². The van der Waals surface area contributed by atoms with E-state index in [2.05, 4.69) is 4.79 Å². The van der Waals surface area contributed by atoms with Crippen LogP contribution in [-0.4, -0.2) is 23.6 Å². The fourth-order valence-corrected chi connectivity index (χ4v) is 2.91. The normalized spacial score (nSPS) is 10.4. The molecule has 0 saturated carbocycles. The number of rotatable bonds is 18. The summed E-state index contributed by atoms with van der Waals surface area (Å²) >= 11 is 0. The quantitative estimate of drug-likeness (QED) is 0.0997. The zero-order valence-electron chi connectivity index (χ0n) is 15.8. The maximum atomic E-state index is 10.6. The van der Waals surface area contributed by atoms with E-state index >= 15 is 0 Å². The van der Waals surface area contributed by atoms with Crippen LogP contribution < -0.4 is 0 Å². The van der Waals surface area contributed by atoms with Crippen molar-refractivity contribution in [3.05, 3.63) is 5.53 Å². The third-order valence-electron chi connectivity index (χ3n) is 4.36. The second-order valence-corrected chi connectivity index (χ2v) is 6.73.